The lowest BCUT2D eigenvalue weighted by Gasteiger charge is -2.32. The molecule has 0 radical (unpaired) electrons. The summed E-state index contributed by atoms with van der Waals surface area (Å²) in [4.78, 5) is 13.9. The average Bonchev–Trinajstić information content (AvgIpc) is 2.40. The van der Waals surface area contributed by atoms with E-state index in [-0.39, 0.29) is 5.97 Å². The number of nitrogens with zero attached hydrogens (tertiary/aromatic N) is 1. The van der Waals surface area contributed by atoms with Crippen molar-refractivity contribution in [2.45, 2.75) is 19.5 Å². The quantitative estimate of drug-likeness (QED) is 0.648. The Balaban J connectivity index is 2.06. The molecule has 0 aliphatic carbocycles. The Labute approximate surface area is 127 Å². The van der Waals surface area contributed by atoms with Gasteiger partial charge in [0.05, 0.1) is 12.7 Å². The van der Waals surface area contributed by atoms with Gasteiger partial charge in [0.15, 0.2) is 0 Å². The van der Waals surface area contributed by atoms with Crippen LogP contribution in [0.1, 0.15) is 22.8 Å². The number of benzene rings is 1. The summed E-state index contributed by atoms with van der Waals surface area (Å²) >= 11 is 2.29. The molecule has 19 heavy (non-hydrogen) atoms. The van der Waals surface area contributed by atoms with Crippen molar-refractivity contribution in [1.29, 1.82) is 0 Å². The molecular weight excluding hydrogens is 355 g/mol. The first-order valence-corrected chi connectivity index (χ1v) is 7.50. The maximum atomic E-state index is 11.5. The topological polar surface area (TPSA) is 41.6 Å². The van der Waals surface area contributed by atoms with Gasteiger partial charge in [-0.25, -0.2) is 4.79 Å². The van der Waals surface area contributed by atoms with E-state index in [1.807, 2.05) is 18.2 Å². The Hall–Kier alpha value is -0.660. The Morgan fingerprint density at radius 2 is 2.37 bits per heavy atom. The SMILES string of the molecule is COC(=O)c1ccc(CN2CCN[C@H](C)C2)c(I)c1. The summed E-state index contributed by atoms with van der Waals surface area (Å²) in [6.45, 7) is 6.31. The highest BCUT2D eigenvalue weighted by molar-refractivity contribution is 14.1. The second-order valence-electron chi connectivity index (χ2n) is 4.89. The van der Waals surface area contributed by atoms with Crippen molar-refractivity contribution >= 4 is 28.6 Å². The number of piperazine rings is 1. The van der Waals surface area contributed by atoms with E-state index in [9.17, 15) is 4.79 Å². The van der Waals surface area contributed by atoms with Crippen LogP contribution >= 0.6 is 22.6 Å². The van der Waals surface area contributed by atoms with Gasteiger partial charge >= 0.3 is 5.97 Å². The minimum atomic E-state index is -0.278. The van der Waals surface area contributed by atoms with E-state index in [2.05, 4.69) is 39.7 Å². The standard InChI is InChI=1S/C14H19IN2O2/c1-10-8-17(6-5-16-10)9-12-4-3-11(7-13(12)15)14(18)19-2/h3-4,7,10,16H,5-6,8-9H2,1-2H3/t10-/m1/s1. The number of hydrogen-bond acceptors (Lipinski definition) is 4. The van der Waals surface area contributed by atoms with Crippen molar-refractivity contribution in [1.82, 2.24) is 10.2 Å². The molecule has 1 aliphatic rings. The van der Waals surface area contributed by atoms with Gasteiger partial charge in [0.25, 0.3) is 0 Å². The van der Waals surface area contributed by atoms with Crippen LogP contribution in [0.5, 0.6) is 0 Å². The van der Waals surface area contributed by atoms with Crippen molar-refractivity contribution in [3.8, 4) is 0 Å². The van der Waals surface area contributed by atoms with Crippen LogP contribution in [0.3, 0.4) is 0 Å². The molecule has 1 heterocycles. The Morgan fingerprint density at radius 1 is 1.58 bits per heavy atom. The largest absolute Gasteiger partial charge is 0.465 e. The number of hydrogen-bond donors (Lipinski definition) is 1. The summed E-state index contributed by atoms with van der Waals surface area (Å²) in [5.41, 5.74) is 1.88. The van der Waals surface area contributed by atoms with Crippen LogP contribution in [0.4, 0.5) is 0 Å². The monoisotopic (exact) mass is 374 g/mol. The second-order valence-corrected chi connectivity index (χ2v) is 6.05. The number of rotatable bonds is 3. The van der Waals surface area contributed by atoms with E-state index in [0.29, 0.717) is 11.6 Å². The first-order valence-electron chi connectivity index (χ1n) is 6.42. The fraction of sp³-hybridized carbons (Fsp3) is 0.500. The van der Waals surface area contributed by atoms with Crippen molar-refractivity contribution in [2.24, 2.45) is 0 Å². The van der Waals surface area contributed by atoms with Crippen molar-refractivity contribution in [3.63, 3.8) is 0 Å². The van der Waals surface area contributed by atoms with Crippen LogP contribution in [0.2, 0.25) is 0 Å². The Bertz CT molecular complexity index is 465. The van der Waals surface area contributed by atoms with Gasteiger partial charge in [-0.15, -0.1) is 0 Å². The molecule has 0 aromatic heterocycles. The molecule has 1 aromatic rings. The zero-order chi connectivity index (χ0) is 13.8. The van der Waals surface area contributed by atoms with E-state index < -0.39 is 0 Å². The lowest BCUT2D eigenvalue weighted by atomic mass is 10.1. The molecule has 2 rings (SSSR count). The molecule has 104 valence electrons. The van der Waals surface area contributed by atoms with Gasteiger partial charge in [-0.3, -0.25) is 4.90 Å². The third-order valence-electron chi connectivity index (χ3n) is 3.32. The third kappa shape index (κ3) is 3.90. The molecule has 0 spiro atoms. The maximum absolute atomic E-state index is 11.5. The van der Waals surface area contributed by atoms with Crippen LogP contribution < -0.4 is 5.32 Å². The summed E-state index contributed by atoms with van der Waals surface area (Å²) in [5, 5.41) is 3.44. The first kappa shape index (κ1) is 14.7. The highest BCUT2D eigenvalue weighted by atomic mass is 127. The summed E-state index contributed by atoms with van der Waals surface area (Å²) in [7, 11) is 1.41. The fourth-order valence-corrected chi connectivity index (χ4v) is 3.00. The van der Waals surface area contributed by atoms with Gasteiger partial charge in [-0.1, -0.05) is 6.07 Å². The van der Waals surface area contributed by atoms with Gasteiger partial charge < -0.3 is 10.1 Å². The summed E-state index contributed by atoms with van der Waals surface area (Å²) in [6, 6.07) is 6.31. The highest BCUT2D eigenvalue weighted by Gasteiger charge is 2.17. The van der Waals surface area contributed by atoms with Crippen LogP contribution in [0.25, 0.3) is 0 Å². The third-order valence-corrected chi connectivity index (χ3v) is 4.33. The molecule has 5 heteroatoms. The molecule has 1 atom stereocenters. The number of carbonyl (C=O) groups excluding carboxylic acids is 1. The number of ether oxygens (including phenoxy) is 1. The van der Waals surface area contributed by atoms with Crippen molar-refractivity contribution in [3.05, 3.63) is 32.9 Å². The smallest absolute Gasteiger partial charge is 0.337 e. The molecule has 0 bridgehead atoms. The summed E-state index contributed by atoms with van der Waals surface area (Å²) in [5.74, 6) is -0.278. The highest BCUT2D eigenvalue weighted by Crippen LogP contribution is 2.18. The fourth-order valence-electron chi connectivity index (χ4n) is 2.32. The summed E-state index contributed by atoms with van der Waals surface area (Å²) < 4.78 is 5.85. The lowest BCUT2D eigenvalue weighted by Crippen LogP contribution is -2.48. The summed E-state index contributed by atoms with van der Waals surface area (Å²) in [6.07, 6.45) is 0. The molecule has 1 N–H and O–H groups in total. The minimum absolute atomic E-state index is 0.278. The normalized spacial score (nSPS) is 20.3. The first-order chi connectivity index (χ1) is 9.10. The van der Waals surface area contributed by atoms with E-state index in [4.69, 9.17) is 4.74 Å². The number of nitrogens with one attached hydrogen (secondary N) is 1. The number of esters is 1. The molecule has 1 aliphatic heterocycles. The zero-order valence-corrected chi connectivity index (χ0v) is 13.4. The van der Waals surface area contributed by atoms with Gasteiger partial charge in [-0.05, 0) is 47.2 Å². The van der Waals surface area contributed by atoms with Crippen LogP contribution in [-0.2, 0) is 11.3 Å². The molecule has 1 saturated heterocycles. The van der Waals surface area contributed by atoms with E-state index in [1.165, 1.54) is 12.7 Å². The molecule has 0 unspecified atom stereocenters. The van der Waals surface area contributed by atoms with Crippen LogP contribution in [-0.4, -0.2) is 43.7 Å². The number of halogens is 1. The zero-order valence-electron chi connectivity index (χ0n) is 11.3. The molecular formula is C14H19IN2O2. The maximum Gasteiger partial charge on any atom is 0.337 e. The Kier molecular flexibility index (Phi) is 5.18. The molecule has 0 saturated carbocycles. The number of methoxy groups -OCH3 is 1. The molecule has 4 nitrogen and oxygen atoms in total. The van der Waals surface area contributed by atoms with Gasteiger partial charge in [-0.2, -0.15) is 0 Å². The molecule has 1 fully saturated rings. The van der Waals surface area contributed by atoms with Gasteiger partial charge in [0.2, 0.25) is 0 Å². The number of carbonyl (C=O) groups is 1. The Morgan fingerprint density at radius 3 is 3.00 bits per heavy atom. The van der Waals surface area contributed by atoms with Crippen LogP contribution in [0.15, 0.2) is 18.2 Å². The minimum Gasteiger partial charge on any atom is -0.465 e. The van der Waals surface area contributed by atoms with E-state index in [1.54, 1.807) is 0 Å². The average molecular weight is 374 g/mol. The van der Waals surface area contributed by atoms with Crippen molar-refractivity contribution in [2.75, 3.05) is 26.7 Å². The van der Waals surface area contributed by atoms with Crippen LogP contribution in [0, 0.1) is 3.57 Å². The van der Waals surface area contributed by atoms with Crippen molar-refractivity contribution < 1.29 is 9.53 Å². The second kappa shape index (κ2) is 6.67. The van der Waals surface area contributed by atoms with Gasteiger partial charge in [0, 0.05) is 35.8 Å². The molecule has 1 aromatic carbocycles. The predicted octanol–water partition coefficient (Wildman–Crippen LogP) is 1.87. The predicted molar refractivity (Wildman–Crippen MR) is 83.2 cm³/mol. The van der Waals surface area contributed by atoms with Gasteiger partial charge in [0.1, 0.15) is 0 Å². The van der Waals surface area contributed by atoms with E-state index in [0.717, 1.165) is 29.7 Å². The van der Waals surface area contributed by atoms with E-state index >= 15 is 0 Å². The molecule has 0 amide bonds. The lowest BCUT2D eigenvalue weighted by molar-refractivity contribution is 0.0600.